The zero-order valence-corrected chi connectivity index (χ0v) is 6.65. The molecule has 0 spiro atoms. The molecule has 2 aliphatic rings. The lowest BCUT2D eigenvalue weighted by Crippen LogP contribution is -2.27. The molecule has 0 atom stereocenters. The molecule has 13 heavy (non-hydrogen) atoms. The van der Waals surface area contributed by atoms with E-state index in [2.05, 4.69) is 0 Å². The van der Waals surface area contributed by atoms with E-state index in [9.17, 15) is 9.59 Å². The molecule has 0 fully saturated rings. The lowest BCUT2D eigenvalue weighted by molar-refractivity contribution is -0.119. The van der Waals surface area contributed by atoms with E-state index < -0.39 is 0 Å². The Bertz CT molecular complexity index is 474. The van der Waals surface area contributed by atoms with Gasteiger partial charge in [0.15, 0.2) is 0 Å². The minimum absolute atomic E-state index is 0.189. The van der Waals surface area contributed by atoms with Crippen molar-refractivity contribution in [1.29, 1.82) is 0 Å². The van der Waals surface area contributed by atoms with Gasteiger partial charge in [-0.25, -0.2) is 4.90 Å². The lowest BCUT2D eigenvalue weighted by Gasteiger charge is -2.10. The van der Waals surface area contributed by atoms with E-state index in [0.717, 1.165) is 11.3 Å². The summed E-state index contributed by atoms with van der Waals surface area (Å²) in [5, 5.41) is 0. The van der Waals surface area contributed by atoms with Crippen LogP contribution in [0.4, 0.5) is 5.69 Å². The molecule has 0 radical (unpaired) electrons. The fraction of sp³-hybridized carbons (Fsp3) is 0. The van der Waals surface area contributed by atoms with Crippen LogP contribution in [0.1, 0.15) is 5.56 Å². The highest BCUT2D eigenvalue weighted by molar-refractivity contribution is 6.48. The van der Waals surface area contributed by atoms with Gasteiger partial charge in [0.1, 0.15) is 0 Å². The Balaban J connectivity index is 2.39. The molecular formula is C10H5NO2. The van der Waals surface area contributed by atoms with Crippen molar-refractivity contribution in [2.24, 2.45) is 0 Å². The molecule has 0 N–H and O–H groups in total. The second-order valence-corrected chi connectivity index (χ2v) is 3.05. The summed E-state index contributed by atoms with van der Waals surface area (Å²) in [5.41, 5.74) is 2.11. The molecule has 0 saturated heterocycles. The van der Waals surface area contributed by atoms with Crippen molar-refractivity contribution in [2.45, 2.75) is 0 Å². The molecule has 2 bridgehead atoms. The maximum atomic E-state index is 11.5. The van der Waals surface area contributed by atoms with Crippen LogP contribution in [0, 0.1) is 0 Å². The number of rotatable bonds is 0. The SMILES string of the molecule is O=C1C=C2C(=O)N1c1ccccc12. The molecule has 1 aromatic carbocycles. The number of imide groups is 1. The van der Waals surface area contributed by atoms with Gasteiger partial charge in [0, 0.05) is 11.6 Å². The first-order valence-electron chi connectivity index (χ1n) is 3.98. The zero-order valence-electron chi connectivity index (χ0n) is 6.65. The van der Waals surface area contributed by atoms with Crippen LogP contribution in [-0.2, 0) is 9.59 Å². The molecule has 3 nitrogen and oxygen atoms in total. The van der Waals surface area contributed by atoms with E-state index >= 15 is 0 Å². The second kappa shape index (κ2) is 1.88. The molecule has 3 heteroatoms. The quantitative estimate of drug-likeness (QED) is 0.545. The number of benzene rings is 1. The Morgan fingerprint density at radius 2 is 1.85 bits per heavy atom. The first kappa shape index (κ1) is 6.60. The molecule has 0 unspecified atom stereocenters. The normalized spacial score (nSPS) is 17.8. The minimum Gasteiger partial charge on any atom is -0.269 e. The highest BCUT2D eigenvalue weighted by Gasteiger charge is 2.41. The first-order chi connectivity index (χ1) is 6.29. The number of carbonyl (C=O) groups excluding carboxylic acids is 2. The Morgan fingerprint density at radius 3 is 2.69 bits per heavy atom. The van der Waals surface area contributed by atoms with Gasteiger partial charge < -0.3 is 0 Å². The van der Waals surface area contributed by atoms with Gasteiger partial charge in [0.2, 0.25) is 0 Å². The number of hydrogen-bond donors (Lipinski definition) is 0. The smallest absolute Gasteiger partial charge is 0.266 e. The molecule has 62 valence electrons. The lowest BCUT2D eigenvalue weighted by atomic mass is 10.1. The summed E-state index contributed by atoms with van der Waals surface area (Å²) in [4.78, 5) is 23.9. The molecule has 3 rings (SSSR count). The molecule has 1 aromatic rings. The van der Waals surface area contributed by atoms with Crippen molar-refractivity contribution < 1.29 is 9.59 Å². The van der Waals surface area contributed by atoms with E-state index in [1.165, 1.54) is 11.0 Å². The number of carbonyl (C=O) groups is 2. The van der Waals surface area contributed by atoms with Gasteiger partial charge in [-0.2, -0.15) is 0 Å². The number of nitrogens with zero attached hydrogens (tertiary/aromatic N) is 1. The van der Waals surface area contributed by atoms with Gasteiger partial charge in [-0.15, -0.1) is 0 Å². The van der Waals surface area contributed by atoms with Crippen molar-refractivity contribution >= 4 is 23.1 Å². The average molecular weight is 171 g/mol. The molecule has 2 amide bonds. The number of para-hydroxylation sites is 1. The standard InChI is InChI=1S/C10H5NO2/c12-9-5-7-6-3-1-2-4-8(6)11(9)10(7)13/h1-5H. The van der Waals surface area contributed by atoms with Gasteiger partial charge >= 0.3 is 0 Å². The monoisotopic (exact) mass is 171 g/mol. The number of fused-ring (bicyclic) bond motifs is 5. The Kier molecular flexibility index (Phi) is 0.953. The summed E-state index contributed by atoms with van der Waals surface area (Å²) in [6.45, 7) is 0. The van der Waals surface area contributed by atoms with Crippen molar-refractivity contribution in [3.8, 4) is 0 Å². The van der Waals surface area contributed by atoms with Gasteiger partial charge in [0.05, 0.1) is 11.3 Å². The predicted octanol–water partition coefficient (Wildman–Crippen LogP) is 0.957. The summed E-state index contributed by atoms with van der Waals surface area (Å²) >= 11 is 0. The topological polar surface area (TPSA) is 37.4 Å². The number of anilines is 1. The van der Waals surface area contributed by atoms with E-state index in [1.807, 2.05) is 18.2 Å². The van der Waals surface area contributed by atoms with Crippen molar-refractivity contribution in [3.63, 3.8) is 0 Å². The molecule has 2 aliphatic heterocycles. The fourth-order valence-electron chi connectivity index (χ4n) is 1.79. The van der Waals surface area contributed by atoms with Gasteiger partial charge in [-0.05, 0) is 6.07 Å². The first-order valence-corrected chi connectivity index (χ1v) is 3.98. The van der Waals surface area contributed by atoms with Gasteiger partial charge in [-0.1, -0.05) is 18.2 Å². The minimum atomic E-state index is -0.223. The van der Waals surface area contributed by atoms with Crippen molar-refractivity contribution in [2.75, 3.05) is 4.90 Å². The van der Waals surface area contributed by atoms with Crippen molar-refractivity contribution in [1.82, 2.24) is 0 Å². The van der Waals surface area contributed by atoms with Crippen LogP contribution in [0.2, 0.25) is 0 Å². The summed E-state index contributed by atoms with van der Waals surface area (Å²) in [6.07, 6.45) is 1.39. The van der Waals surface area contributed by atoms with E-state index in [1.54, 1.807) is 6.07 Å². The summed E-state index contributed by atoms with van der Waals surface area (Å²) in [6, 6.07) is 7.32. The highest BCUT2D eigenvalue weighted by Crippen LogP contribution is 2.40. The Hall–Kier alpha value is -1.90. The van der Waals surface area contributed by atoms with Crippen LogP contribution in [0.25, 0.3) is 5.57 Å². The van der Waals surface area contributed by atoms with E-state index in [0.29, 0.717) is 5.57 Å². The molecule has 0 aromatic heterocycles. The summed E-state index contributed by atoms with van der Waals surface area (Å²) in [7, 11) is 0. The third-order valence-electron chi connectivity index (χ3n) is 2.36. The van der Waals surface area contributed by atoms with Crippen LogP contribution in [-0.4, -0.2) is 11.8 Å². The fourth-order valence-corrected chi connectivity index (χ4v) is 1.79. The van der Waals surface area contributed by atoms with E-state index in [-0.39, 0.29) is 11.8 Å². The number of amides is 2. The third-order valence-corrected chi connectivity index (χ3v) is 2.36. The molecular weight excluding hydrogens is 166 g/mol. The largest absolute Gasteiger partial charge is 0.269 e. The Labute approximate surface area is 74.3 Å². The van der Waals surface area contributed by atoms with Crippen LogP contribution < -0.4 is 4.90 Å². The van der Waals surface area contributed by atoms with Crippen LogP contribution in [0.3, 0.4) is 0 Å². The Morgan fingerprint density at radius 1 is 1.08 bits per heavy atom. The molecule has 0 aliphatic carbocycles. The average Bonchev–Trinajstić information content (AvgIpc) is 2.56. The summed E-state index contributed by atoms with van der Waals surface area (Å²) in [5.74, 6) is -0.412. The third kappa shape index (κ3) is 0.605. The maximum Gasteiger partial charge on any atom is 0.266 e. The van der Waals surface area contributed by atoms with Crippen LogP contribution in [0.5, 0.6) is 0 Å². The van der Waals surface area contributed by atoms with Crippen LogP contribution >= 0.6 is 0 Å². The summed E-state index contributed by atoms with van der Waals surface area (Å²) < 4.78 is 0. The highest BCUT2D eigenvalue weighted by atomic mass is 16.2. The zero-order chi connectivity index (χ0) is 9.00. The maximum absolute atomic E-state index is 11.5. The van der Waals surface area contributed by atoms with E-state index in [4.69, 9.17) is 0 Å². The van der Waals surface area contributed by atoms with Gasteiger partial charge in [0.25, 0.3) is 11.8 Å². The number of hydrogen-bond acceptors (Lipinski definition) is 2. The van der Waals surface area contributed by atoms with Crippen molar-refractivity contribution in [3.05, 3.63) is 35.9 Å². The predicted molar refractivity (Wildman–Crippen MR) is 46.9 cm³/mol. The second-order valence-electron chi connectivity index (χ2n) is 3.05. The van der Waals surface area contributed by atoms with Crippen LogP contribution in [0.15, 0.2) is 30.3 Å². The molecule has 0 saturated carbocycles. The van der Waals surface area contributed by atoms with Gasteiger partial charge in [-0.3, -0.25) is 9.59 Å². The molecule has 2 heterocycles.